The van der Waals surface area contributed by atoms with Gasteiger partial charge in [-0.2, -0.15) is 14.0 Å². The highest BCUT2D eigenvalue weighted by atomic mass is 32.1. The second-order valence-electron chi connectivity index (χ2n) is 4.79. The molecule has 0 radical (unpaired) electrons. The molecule has 0 amide bonds. The lowest BCUT2D eigenvalue weighted by Gasteiger charge is -2.05. The molecule has 0 atom stereocenters. The predicted molar refractivity (Wildman–Crippen MR) is 86.8 cm³/mol. The van der Waals surface area contributed by atoms with Gasteiger partial charge in [-0.1, -0.05) is 23.5 Å². The standard InChI is InChI=1S/C15H11FN6S/c1-17-11-5-3-2-4-10(11)13-19-20-15-22(13)21-14(23-15)9-6-7-18-12(16)8-9/h2-8,17H,1H3. The van der Waals surface area contributed by atoms with Gasteiger partial charge in [0.2, 0.25) is 10.9 Å². The summed E-state index contributed by atoms with van der Waals surface area (Å²) in [4.78, 5) is 4.21. The van der Waals surface area contributed by atoms with Crippen LogP contribution in [0.4, 0.5) is 10.1 Å². The van der Waals surface area contributed by atoms with Crippen molar-refractivity contribution in [1.29, 1.82) is 0 Å². The van der Waals surface area contributed by atoms with E-state index in [9.17, 15) is 4.39 Å². The molecular formula is C15H11FN6S. The van der Waals surface area contributed by atoms with Gasteiger partial charge in [0.25, 0.3) is 0 Å². The second-order valence-corrected chi connectivity index (χ2v) is 5.74. The molecule has 1 aromatic carbocycles. The lowest BCUT2D eigenvalue weighted by Crippen LogP contribution is -1.96. The molecule has 3 heterocycles. The van der Waals surface area contributed by atoms with Crippen LogP contribution < -0.4 is 5.32 Å². The molecule has 23 heavy (non-hydrogen) atoms. The van der Waals surface area contributed by atoms with Crippen LogP contribution in [0.3, 0.4) is 0 Å². The summed E-state index contributed by atoms with van der Waals surface area (Å²) in [6, 6.07) is 10.9. The first-order valence-corrected chi connectivity index (χ1v) is 7.69. The van der Waals surface area contributed by atoms with Crippen LogP contribution in [0.25, 0.3) is 26.9 Å². The SMILES string of the molecule is CNc1ccccc1-c1nnc2sc(-c3ccnc(F)c3)nn12. The number of nitrogens with zero attached hydrogens (tertiary/aromatic N) is 5. The summed E-state index contributed by atoms with van der Waals surface area (Å²) in [7, 11) is 1.85. The van der Waals surface area contributed by atoms with Crippen molar-refractivity contribution < 1.29 is 4.39 Å². The molecule has 6 nitrogen and oxygen atoms in total. The van der Waals surface area contributed by atoms with Crippen molar-refractivity contribution in [2.45, 2.75) is 0 Å². The minimum atomic E-state index is -0.533. The number of rotatable bonds is 3. The Bertz CT molecular complexity index is 992. The van der Waals surface area contributed by atoms with Crippen LogP contribution in [0.5, 0.6) is 0 Å². The van der Waals surface area contributed by atoms with Crippen LogP contribution in [0.15, 0.2) is 42.6 Å². The van der Waals surface area contributed by atoms with E-state index in [0.29, 0.717) is 21.4 Å². The number of para-hydroxylation sites is 1. The molecule has 0 bridgehead atoms. The molecule has 8 heteroatoms. The first-order valence-electron chi connectivity index (χ1n) is 6.87. The van der Waals surface area contributed by atoms with Crippen molar-refractivity contribution in [1.82, 2.24) is 24.8 Å². The second kappa shape index (κ2) is 5.40. The van der Waals surface area contributed by atoms with Gasteiger partial charge in [0.1, 0.15) is 5.01 Å². The molecule has 0 unspecified atom stereocenters. The third kappa shape index (κ3) is 2.33. The summed E-state index contributed by atoms with van der Waals surface area (Å²) in [6.07, 6.45) is 1.42. The molecule has 4 aromatic rings. The molecule has 114 valence electrons. The van der Waals surface area contributed by atoms with Crippen molar-refractivity contribution in [2.75, 3.05) is 12.4 Å². The molecule has 0 aliphatic heterocycles. The Labute approximate surface area is 134 Å². The zero-order chi connectivity index (χ0) is 15.8. The summed E-state index contributed by atoms with van der Waals surface area (Å²) in [5, 5.41) is 16.7. The topological polar surface area (TPSA) is 68.0 Å². The molecule has 1 N–H and O–H groups in total. The largest absolute Gasteiger partial charge is 0.388 e. The molecule has 0 aliphatic carbocycles. The lowest BCUT2D eigenvalue weighted by atomic mass is 10.1. The third-order valence-electron chi connectivity index (χ3n) is 3.40. The quantitative estimate of drug-likeness (QED) is 0.586. The zero-order valence-electron chi connectivity index (χ0n) is 12.1. The lowest BCUT2D eigenvalue weighted by molar-refractivity contribution is 0.584. The van der Waals surface area contributed by atoms with E-state index in [2.05, 4.69) is 25.6 Å². The van der Waals surface area contributed by atoms with Gasteiger partial charge in [0.15, 0.2) is 5.82 Å². The Morgan fingerprint density at radius 1 is 1.17 bits per heavy atom. The minimum absolute atomic E-state index is 0.533. The molecule has 0 saturated carbocycles. The van der Waals surface area contributed by atoms with Gasteiger partial charge in [-0.15, -0.1) is 10.2 Å². The van der Waals surface area contributed by atoms with Gasteiger partial charge in [-0.05, 0) is 18.2 Å². The Morgan fingerprint density at radius 2 is 2.04 bits per heavy atom. The summed E-state index contributed by atoms with van der Waals surface area (Å²) in [5.41, 5.74) is 2.51. The first kappa shape index (κ1) is 13.8. The highest BCUT2D eigenvalue weighted by Gasteiger charge is 2.16. The van der Waals surface area contributed by atoms with Gasteiger partial charge >= 0.3 is 0 Å². The number of hydrogen-bond acceptors (Lipinski definition) is 6. The van der Waals surface area contributed by atoms with Crippen molar-refractivity contribution >= 4 is 22.0 Å². The van der Waals surface area contributed by atoms with Gasteiger partial charge in [-0.25, -0.2) is 4.98 Å². The summed E-state index contributed by atoms with van der Waals surface area (Å²) in [5.74, 6) is 0.108. The predicted octanol–water partition coefficient (Wildman–Crippen LogP) is 3.10. The van der Waals surface area contributed by atoms with E-state index in [4.69, 9.17) is 0 Å². The number of nitrogens with one attached hydrogen (secondary N) is 1. The van der Waals surface area contributed by atoms with Crippen LogP contribution in [-0.2, 0) is 0 Å². The van der Waals surface area contributed by atoms with Gasteiger partial charge in [0.05, 0.1) is 0 Å². The van der Waals surface area contributed by atoms with Crippen molar-refractivity contribution in [2.24, 2.45) is 0 Å². The van der Waals surface area contributed by atoms with E-state index in [1.807, 2.05) is 31.3 Å². The van der Waals surface area contributed by atoms with Crippen LogP contribution >= 0.6 is 11.3 Å². The Hall–Kier alpha value is -2.87. The maximum absolute atomic E-state index is 13.3. The normalized spacial score (nSPS) is 11.0. The number of halogens is 1. The van der Waals surface area contributed by atoms with E-state index in [-0.39, 0.29) is 0 Å². The molecule has 4 rings (SSSR count). The van der Waals surface area contributed by atoms with Crippen LogP contribution in [0.2, 0.25) is 0 Å². The maximum Gasteiger partial charge on any atom is 0.235 e. The number of anilines is 1. The summed E-state index contributed by atoms with van der Waals surface area (Å²) in [6.45, 7) is 0. The fraction of sp³-hybridized carbons (Fsp3) is 0.0667. The van der Waals surface area contributed by atoms with E-state index in [0.717, 1.165) is 11.3 Å². The highest BCUT2D eigenvalue weighted by Crippen LogP contribution is 2.30. The van der Waals surface area contributed by atoms with E-state index >= 15 is 0 Å². The van der Waals surface area contributed by atoms with Gasteiger partial charge < -0.3 is 5.32 Å². The van der Waals surface area contributed by atoms with Gasteiger partial charge in [-0.3, -0.25) is 0 Å². The van der Waals surface area contributed by atoms with E-state index < -0.39 is 5.95 Å². The minimum Gasteiger partial charge on any atom is -0.388 e. The zero-order valence-corrected chi connectivity index (χ0v) is 12.9. The number of benzene rings is 1. The smallest absolute Gasteiger partial charge is 0.235 e. The van der Waals surface area contributed by atoms with Crippen molar-refractivity contribution in [3.05, 3.63) is 48.5 Å². The number of aromatic nitrogens is 5. The fourth-order valence-corrected chi connectivity index (χ4v) is 3.17. The molecule has 0 fully saturated rings. The average Bonchev–Trinajstić information content (AvgIpc) is 3.15. The third-order valence-corrected chi connectivity index (χ3v) is 4.35. The number of fused-ring (bicyclic) bond motifs is 1. The number of hydrogen-bond donors (Lipinski definition) is 1. The Balaban J connectivity index is 1.87. The fourth-order valence-electron chi connectivity index (χ4n) is 2.33. The van der Waals surface area contributed by atoms with Crippen LogP contribution in [0.1, 0.15) is 0 Å². The highest BCUT2D eigenvalue weighted by molar-refractivity contribution is 7.19. The van der Waals surface area contributed by atoms with Gasteiger partial charge in [0, 0.05) is 36.1 Å². The van der Waals surface area contributed by atoms with Crippen LogP contribution in [-0.4, -0.2) is 31.8 Å². The number of pyridine rings is 1. The van der Waals surface area contributed by atoms with E-state index in [1.165, 1.54) is 23.6 Å². The summed E-state index contributed by atoms with van der Waals surface area (Å²) >= 11 is 1.35. The average molecular weight is 326 g/mol. The molecule has 0 saturated heterocycles. The first-order chi connectivity index (χ1) is 11.3. The summed E-state index contributed by atoms with van der Waals surface area (Å²) < 4.78 is 15.0. The Kier molecular flexibility index (Phi) is 3.23. The molecule has 3 aromatic heterocycles. The molecular weight excluding hydrogens is 315 g/mol. The monoisotopic (exact) mass is 326 g/mol. The Morgan fingerprint density at radius 3 is 2.87 bits per heavy atom. The van der Waals surface area contributed by atoms with E-state index in [1.54, 1.807) is 10.6 Å². The van der Waals surface area contributed by atoms with Crippen molar-refractivity contribution in [3.8, 4) is 22.0 Å². The molecule has 0 aliphatic rings. The maximum atomic E-state index is 13.3. The van der Waals surface area contributed by atoms with Crippen molar-refractivity contribution in [3.63, 3.8) is 0 Å². The van der Waals surface area contributed by atoms with Crippen LogP contribution in [0, 0.1) is 5.95 Å². The molecule has 0 spiro atoms.